The van der Waals surface area contributed by atoms with E-state index in [0.29, 0.717) is 22.8 Å². The van der Waals surface area contributed by atoms with E-state index >= 15 is 0 Å². The fourth-order valence-corrected chi connectivity index (χ4v) is 1.95. The second-order valence-electron chi connectivity index (χ2n) is 4.41. The monoisotopic (exact) mass is 256 g/mol. The van der Waals surface area contributed by atoms with Crippen molar-refractivity contribution in [2.24, 2.45) is 0 Å². The maximum atomic E-state index is 12.5. The van der Waals surface area contributed by atoms with Gasteiger partial charge in [-0.25, -0.2) is 9.97 Å². The van der Waals surface area contributed by atoms with E-state index in [1.807, 2.05) is 19.9 Å². The molecule has 1 aromatic heterocycles. The molecule has 98 valence electrons. The van der Waals surface area contributed by atoms with Crippen LogP contribution in [0, 0.1) is 20.8 Å². The summed E-state index contributed by atoms with van der Waals surface area (Å²) in [6, 6.07) is 5.31. The van der Waals surface area contributed by atoms with Gasteiger partial charge in [0.15, 0.2) is 0 Å². The van der Waals surface area contributed by atoms with E-state index in [1.54, 1.807) is 32.4 Å². The van der Waals surface area contributed by atoms with Gasteiger partial charge in [-0.3, -0.25) is 4.79 Å². The van der Waals surface area contributed by atoms with Gasteiger partial charge in [0.1, 0.15) is 17.3 Å². The van der Waals surface area contributed by atoms with Crippen LogP contribution in [0.2, 0.25) is 0 Å². The first-order chi connectivity index (χ1) is 9.04. The molecule has 4 nitrogen and oxygen atoms in total. The molecule has 0 unspecified atom stereocenters. The lowest BCUT2D eigenvalue weighted by Gasteiger charge is -2.12. The zero-order chi connectivity index (χ0) is 14.0. The summed E-state index contributed by atoms with van der Waals surface area (Å²) in [5.41, 5.74) is 2.98. The van der Waals surface area contributed by atoms with Crippen LogP contribution in [0.1, 0.15) is 33.0 Å². The van der Waals surface area contributed by atoms with E-state index in [1.165, 1.54) is 0 Å². The number of aryl methyl sites for hydroxylation is 2. The molecule has 2 rings (SSSR count). The maximum Gasteiger partial charge on any atom is 0.215 e. The molecule has 0 saturated carbocycles. The molecule has 0 aliphatic carbocycles. The Morgan fingerprint density at radius 2 is 1.89 bits per heavy atom. The zero-order valence-corrected chi connectivity index (χ0v) is 11.5. The molecular formula is C15H16N2O2. The third kappa shape index (κ3) is 2.47. The fourth-order valence-electron chi connectivity index (χ4n) is 1.95. The minimum absolute atomic E-state index is 0.148. The molecule has 0 saturated heterocycles. The molecule has 0 atom stereocenters. The number of nitrogens with zero attached hydrogens (tertiary/aromatic N) is 2. The van der Waals surface area contributed by atoms with Gasteiger partial charge in [-0.05, 0) is 44.0 Å². The van der Waals surface area contributed by atoms with Crippen molar-refractivity contribution < 1.29 is 9.53 Å². The number of hydrogen-bond acceptors (Lipinski definition) is 4. The fraction of sp³-hybridized carbons (Fsp3) is 0.267. The molecule has 0 N–H and O–H groups in total. The van der Waals surface area contributed by atoms with Crippen LogP contribution in [0.25, 0.3) is 0 Å². The predicted octanol–water partition coefficient (Wildman–Crippen LogP) is 2.64. The summed E-state index contributed by atoms with van der Waals surface area (Å²) in [5, 5.41) is 0. The average Bonchev–Trinajstić information content (AvgIpc) is 2.41. The first kappa shape index (κ1) is 13.2. The number of benzene rings is 1. The van der Waals surface area contributed by atoms with Gasteiger partial charge in [0.2, 0.25) is 5.78 Å². The minimum atomic E-state index is -0.148. The highest BCUT2D eigenvalue weighted by Gasteiger charge is 2.18. The number of aromatic nitrogens is 2. The number of rotatable bonds is 3. The lowest BCUT2D eigenvalue weighted by Crippen LogP contribution is -2.08. The van der Waals surface area contributed by atoms with Gasteiger partial charge in [-0.15, -0.1) is 0 Å². The molecule has 4 heteroatoms. The molecule has 1 aromatic carbocycles. The third-order valence-corrected chi connectivity index (χ3v) is 3.13. The van der Waals surface area contributed by atoms with Crippen molar-refractivity contribution in [1.29, 1.82) is 0 Å². The van der Waals surface area contributed by atoms with Gasteiger partial charge < -0.3 is 4.74 Å². The first-order valence-corrected chi connectivity index (χ1v) is 6.03. The Bertz CT molecular complexity index is 636. The highest BCUT2D eigenvalue weighted by Crippen LogP contribution is 2.27. The molecule has 0 aliphatic rings. The van der Waals surface area contributed by atoms with Gasteiger partial charge >= 0.3 is 0 Å². The van der Waals surface area contributed by atoms with Gasteiger partial charge in [0, 0.05) is 6.20 Å². The van der Waals surface area contributed by atoms with Crippen molar-refractivity contribution in [3.05, 3.63) is 52.6 Å². The van der Waals surface area contributed by atoms with Crippen LogP contribution >= 0.6 is 0 Å². The third-order valence-electron chi connectivity index (χ3n) is 3.13. The number of ketones is 1. The molecule has 0 fully saturated rings. The zero-order valence-electron chi connectivity index (χ0n) is 11.5. The normalized spacial score (nSPS) is 10.3. The molecule has 19 heavy (non-hydrogen) atoms. The number of carbonyl (C=O) groups excluding carboxylic acids is 1. The van der Waals surface area contributed by atoms with Crippen LogP contribution in [0.4, 0.5) is 0 Å². The van der Waals surface area contributed by atoms with E-state index in [0.717, 1.165) is 11.1 Å². The van der Waals surface area contributed by atoms with Gasteiger partial charge in [-0.1, -0.05) is 6.07 Å². The van der Waals surface area contributed by atoms with Crippen molar-refractivity contribution in [3.63, 3.8) is 0 Å². The summed E-state index contributed by atoms with van der Waals surface area (Å²) in [6.45, 7) is 5.69. The van der Waals surface area contributed by atoms with Gasteiger partial charge in [0.05, 0.1) is 12.7 Å². The van der Waals surface area contributed by atoms with Crippen LogP contribution in [-0.2, 0) is 0 Å². The van der Waals surface area contributed by atoms with Crippen LogP contribution in [-0.4, -0.2) is 22.9 Å². The van der Waals surface area contributed by atoms with Crippen molar-refractivity contribution in [1.82, 2.24) is 9.97 Å². The van der Waals surface area contributed by atoms with Gasteiger partial charge in [-0.2, -0.15) is 0 Å². The van der Waals surface area contributed by atoms with Crippen molar-refractivity contribution in [2.75, 3.05) is 7.11 Å². The lowest BCUT2D eigenvalue weighted by molar-refractivity contribution is 0.103. The first-order valence-electron chi connectivity index (χ1n) is 6.03. The Morgan fingerprint density at radius 3 is 2.53 bits per heavy atom. The van der Waals surface area contributed by atoms with Crippen molar-refractivity contribution >= 4 is 5.78 Å². The predicted molar refractivity (Wildman–Crippen MR) is 72.7 cm³/mol. The van der Waals surface area contributed by atoms with E-state index in [4.69, 9.17) is 4.74 Å². The van der Waals surface area contributed by atoms with Crippen LogP contribution in [0.3, 0.4) is 0 Å². The van der Waals surface area contributed by atoms with E-state index in [-0.39, 0.29) is 5.78 Å². The smallest absolute Gasteiger partial charge is 0.215 e. The van der Waals surface area contributed by atoms with Crippen molar-refractivity contribution in [3.8, 4) is 5.75 Å². The summed E-state index contributed by atoms with van der Waals surface area (Å²) in [7, 11) is 1.57. The van der Waals surface area contributed by atoms with Crippen molar-refractivity contribution in [2.45, 2.75) is 20.8 Å². The van der Waals surface area contributed by atoms with E-state index < -0.39 is 0 Å². The summed E-state index contributed by atoms with van der Waals surface area (Å²) in [5.74, 6) is 1.04. The summed E-state index contributed by atoms with van der Waals surface area (Å²) < 4.78 is 5.37. The molecule has 0 amide bonds. The summed E-state index contributed by atoms with van der Waals surface area (Å²) in [4.78, 5) is 20.6. The number of carbonyl (C=O) groups is 1. The molecule has 2 aromatic rings. The highest BCUT2D eigenvalue weighted by atomic mass is 16.5. The standard InChI is InChI=1S/C15H16N2O2/c1-9-5-6-12(15(19-4)10(9)2)14(18)13-7-8-16-11(3)17-13/h5-8H,1-4H3. The average molecular weight is 256 g/mol. The van der Waals surface area contributed by atoms with E-state index in [2.05, 4.69) is 9.97 Å². The van der Waals surface area contributed by atoms with Crippen LogP contribution in [0.5, 0.6) is 5.75 Å². The molecule has 0 aliphatic heterocycles. The van der Waals surface area contributed by atoms with Gasteiger partial charge in [0.25, 0.3) is 0 Å². The Balaban J connectivity index is 2.53. The molecule has 0 bridgehead atoms. The Labute approximate surface area is 112 Å². The highest BCUT2D eigenvalue weighted by molar-refractivity contribution is 6.09. The second kappa shape index (κ2) is 5.18. The molecule has 0 radical (unpaired) electrons. The quantitative estimate of drug-likeness (QED) is 0.792. The number of methoxy groups -OCH3 is 1. The molecular weight excluding hydrogens is 240 g/mol. The Kier molecular flexibility index (Phi) is 3.60. The van der Waals surface area contributed by atoms with Crippen LogP contribution in [0.15, 0.2) is 24.4 Å². The SMILES string of the molecule is COc1c(C(=O)c2ccnc(C)n2)ccc(C)c1C. The minimum Gasteiger partial charge on any atom is -0.496 e. The topological polar surface area (TPSA) is 52.1 Å². The van der Waals surface area contributed by atoms with Crippen LogP contribution < -0.4 is 4.74 Å². The summed E-state index contributed by atoms with van der Waals surface area (Å²) in [6.07, 6.45) is 1.59. The lowest BCUT2D eigenvalue weighted by atomic mass is 10.00. The summed E-state index contributed by atoms with van der Waals surface area (Å²) >= 11 is 0. The number of ether oxygens (including phenoxy) is 1. The maximum absolute atomic E-state index is 12.5. The van der Waals surface area contributed by atoms with E-state index in [9.17, 15) is 4.79 Å². The molecule has 1 heterocycles. The largest absolute Gasteiger partial charge is 0.496 e. The Hall–Kier alpha value is -2.23. The molecule has 0 spiro atoms. The Morgan fingerprint density at radius 1 is 1.16 bits per heavy atom. The number of hydrogen-bond donors (Lipinski definition) is 0. The second-order valence-corrected chi connectivity index (χ2v) is 4.41.